The van der Waals surface area contributed by atoms with Gasteiger partial charge in [-0.1, -0.05) is 47.3 Å². The number of carbonyl (C=O) groups is 2. The minimum atomic E-state index is -0.479. The van der Waals surface area contributed by atoms with Crippen LogP contribution in [0.4, 0.5) is 0 Å². The molecule has 33 heavy (non-hydrogen) atoms. The Labute approximate surface area is 201 Å². The second-order valence-corrected chi connectivity index (χ2v) is 10.1. The van der Waals surface area contributed by atoms with E-state index in [9.17, 15) is 9.59 Å². The van der Waals surface area contributed by atoms with Crippen molar-refractivity contribution in [3.63, 3.8) is 0 Å². The molecular formula is C26H27BrO6. The maximum Gasteiger partial charge on any atom is 0.315 e. The molecule has 0 N–H and O–H groups in total. The Kier molecular flexibility index (Phi) is 5.85. The zero-order chi connectivity index (χ0) is 23.2. The van der Waals surface area contributed by atoms with Gasteiger partial charge in [-0.05, 0) is 42.7 Å². The van der Waals surface area contributed by atoms with Gasteiger partial charge in [0.1, 0.15) is 17.8 Å². The number of hydrogen-bond donors (Lipinski definition) is 0. The van der Waals surface area contributed by atoms with Crippen molar-refractivity contribution in [3.8, 4) is 17.2 Å². The van der Waals surface area contributed by atoms with E-state index in [4.69, 9.17) is 18.9 Å². The van der Waals surface area contributed by atoms with Gasteiger partial charge in [0.15, 0.2) is 11.5 Å². The van der Waals surface area contributed by atoms with Gasteiger partial charge in [0, 0.05) is 21.9 Å². The predicted molar refractivity (Wildman–Crippen MR) is 124 cm³/mol. The van der Waals surface area contributed by atoms with Crippen molar-refractivity contribution in [2.75, 3.05) is 14.2 Å². The number of methoxy groups -OCH3 is 2. The van der Waals surface area contributed by atoms with Gasteiger partial charge < -0.3 is 18.9 Å². The van der Waals surface area contributed by atoms with Crippen LogP contribution in [0.25, 0.3) is 0 Å². The molecule has 5 rings (SSSR count). The van der Waals surface area contributed by atoms with Crippen LogP contribution < -0.4 is 14.2 Å². The van der Waals surface area contributed by atoms with Crippen LogP contribution in [0.3, 0.4) is 0 Å². The second kappa shape index (κ2) is 8.67. The van der Waals surface area contributed by atoms with Crippen molar-refractivity contribution in [2.24, 2.45) is 17.3 Å². The Bertz CT molecular complexity index is 1060. The molecular weight excluding hydrogens is 488 g/mol. The van der Waals surface area contributed by atoms with Crippen LogP contribution in [0.5, 0.6) is 17.2 Å². The van der Waals surface area contributed by atoms with Crippen molar-refractivity contribution >= 4 is 27.9 Å². The van der Waals surface area contributed by atoms with E-state index in [1.165, 1.54) is 7.11 Å². The number of fused-ring (bicyclic) bond motifs is 2. The summed E-state index contributed by atoms with van der Waals surface area (Å²) in [5.74, 6) is -0.245. The van der Waals surface area contributed by atoms with Gasteiger partial charge in [-0.2, -0.15) is 0 Å². The lowest BCUT2D eigenvalue weighted by Crippen LogP contribution is -2.52. The highest BCUT2D eigenvalue weighted by Crippen LogP contribution is 2.65. The summed E-state index contributed by atoms with van der Waals surface area (Å²) in [5.41, 5.74) is 0.571. The molecule has 1 saturated heterocycles. The maximum atomic E-state index is 13.9. The molecule has 2 aromatic carbocycles. The molecule has 3 aliphatic rings. The molecule has 1 aliphatic heterocycles. The van der Waals surface area contributed by atoms with Crippen LogP contribution in [-0.2, 0) is 14.3 Å². The minimum absolute atomic E-state index is 0.213. The predicted octanol–water partition coefficient (Wildman–Crippen LogP) is 5.28. The summed E-state index contributed by atoms with van der Waals surface area (Å²) in [6.45, 7) is 0. The summed E-state index contributed by atoms with van der Waals surface area (Å²) >= 11 is 3.49. The average Bonchev–Trinajstić information content (AvgIpc) is 3.04. The first-order chi connectivity index (χ1) is 16.0. The zero-order valence-corrected chi connectivity index (χ0v) is 20.3. The van der Waals surface area contributed by atoms with Crippen LogP contribution >= 0.6 is 15.9 Å². The van der Waals surface area contributed by atoms with E-state index < -0.39 is 11.3 Å². The first kappa shape index (κ1) is 22.3. The van der Waals surface area contributed by atoms with E-state index in [0.717, 1.165) is 42.1 Å². The van der Waals surface area contributed by atoms with Gasteiger partial charge in [0.05, 0.1) is 20.1 Å². The van der Waals surface area contributed by atoms with Gasteiger partial charge >= 0.3 is 11.9 Å². The van der Waals surface area contributed by atoms with E-state index in [-0.39, 0.29) is 29.9 Å². The summed E-state index contributed by atoms with van der Waals surface area (Å²) in [6.07, 6.45) is 4.63. The van der Waals surface area contributed by atoms with Crippen molar-refractivity contribution in [1.29, 1.82) is 0 Å². The Morgan fingerprint density at radius 2 is 1.70 bits per heavy atom. The number of rotatable bonds is 5. The van der Waals surface area contributed by atoms with E-state index in [1.807, 2.05) is 24.3 Å². The second-order valence-electron chi connectivity index (χ2n) is 9.17. The molecule has 7 heteroatoms. The number of carbonyl (C=O) groups excluding carboxylic acids is 2. The Balaban J connectivity index is 1.55. The first-order valence-corrected chi connectivity index (χ1v) is 12.2. The fraction of sp³-hybridized carbons (Fsp3) is 0.462. The Morgan fingerprint density at radius 1 is 0.970 bits per heavy atom. The molecule has 0 radical (unpaired) electrons. The standard InChI is InChI=1S/C26H27BrO6/c1-30-17-10-11-18(19(14-17)31-2)32-25(29)22-20(15-6-8-16(27)9-7-15)21-23(33-24(21)28)26(22)12-4-3-5-13-26/h6-11,14,20-23H,3-5,12-13H2,1-2H3/t20-,21-,22+,23-/m0/s1. The topological polar surface area (TPSA) is 71.1 Å². The highest BCUT2D eigenvalue weighted by molar-refractivity contribution is 9.10. The summed E-state index contributed by atoms with van der Waals surface area (Å²) in [6, 6.07) is 13.0. The van der Waals surface area contributed by atoms with E-state index in [2.05, 4.69) is 15.9 Å². The summed E-state index contributed by atoms with van der Waals surface area (Å²) < 4.78 is 23.4. The Morgan fingerprint density at radius 3 is 2.33 bits per heavy atom. The molecule has 6 nitrogen and oxygen atoms in total. The van der Waals surface area contributed by atoms with E-state index in [1.54, 1.807) is 25.3 Å². The third-order valence-electron chi connectivity index (χ3n) is 7.65. The molecule has 174 valence electrons. The minimum Gasteiger partial charge on any atom is -0.497 e. The molecule has 1 spiro atoms. The number of halogens is 1. The first-order valence-electron chi connectivity index (χ1n) is 11.4. The van der Waals surface area contributed by atoms with Crippen molar-refractivity contribution in [3.05, 3.63) is 52.5 Å². The van der Waals surface area contributed by atoms with Gasteiger partial charge in [-0.25, -0.2) is 0 Å². The van der Waals surface area contributed by atoms with E-state index in [0.29, 0.717) is 17.2 Å². The normalized spacial score (nSPS) is 27.3. The third kappa shape index (κ3) is 3.61. The smallest absolute Gasteiger partial charge is 0.315 e. The molecule has 4 atom stereocenters. The lowest BCUT2D eigenvalue weighted by Gasteiger charge is -2.45. The number of ether oxygens (including phenoxy) is 4. The van der Waals surface area contributed by atoms with Crippen LogP contribution in [0.2, 0.25) is 0 Å². The molecule has 0 bridgehead atoms. The summed E-state index contributed by atoms with van der Waals surface area (Å²) in [7, 11) is 3.10. The molecule has 2 aliphatic carbocycles. The quantitative estimate of drug-likeness (QED) is 0.399. The van der Waals surface area contributed by atoms with Gasteiger partial charge in [0.2, 0.25) is 0 Å². The molecule has 0 unspecified atom stereocenters. The number of esters is 2. The van der Waals surface area contributed by atoms with Gasteiger partial charge in [-0.3, -0.25) is 9.59 Å². The highest BCUT2D eigenvalue weighted by atomic mass is 79.9. The number of hydrogen-bond acceptors (Lipinski definition) is 6. The molecule has 2 saturated carbocycles. The summed E-state index contributed by atoms with van der Waals surface area (Å²) in [4.78, 5) is 26.6. The van der Waals surface area contributed by atoms with E-state index >= 15 is 0 Å². The highest BCUT2D eigenvalue weighted by Gasteiger charge is 2.71. The van der Waals surface area contributed by atoms with Gasteiger partial charge in [-0.15, -0.1) is 0 Å². The largest absolute Gasteiger partial charge is 0.497 e. The van der Waals surface area contributed by atoms with Crippen molar-refractivity contribution < 1.29 is 28.5 Å². The third-order valence-corrected chi connectivity index (χ3v) is 8.18. The fourth-order valence-corrected chi connectivity index (χ4v) is 6.45. The number of benzene rings is 2. The lowest BCUT2D eigenvalue weighted by atomic mass is 9.64. The molecule has 2 aromatic rings. The van der Waals surface area contributed by atoms with Crippen LogP contribution in [-0.4, -0.2) is 32.3 Å². The SMILES string of the molecule is COc1ccc(OC(=O)[C@H]2[C@@H](c3ccc(Br)cc3)[C@@H]3C(=O)O[C@@H]3C23CCCCC3)c(OC)c1. The Hall–Kier alpha value is -2.54. The summed E-state index contributed by atoms with van der Waals surface area (Å²) in [5, 5.41) is 0. The average molecular weight is 515 g/mol. The van der Waals surface area contributed by atoms with Crippen LogP contribution in [0.1, 0.15) is 43.6 Å². The van der Waals surface area contributed by atoms with Crippen molar-refractivity contribution in [2.45, 2.75) is 44.1 Å². The molecule has 1 heterocycles. The van der Waals surface area contributed by atoms with Crippen LogP contribution in [0, 0.1) is 17.3 Å². The maximum absolute atomic E-state index is 13.9. The fourth-order valence-electron chi connectivity index (χ4n) is 6.18. The van der Waals surface area contributed by atoms with Crippen molar-refractivity contribution in [1.82, 2.24) is 0 Å². The lowest BCUT2D eigenvalue weighted by molar-refractivity contribution is -0.196. The molecule has 0 amide bonds. The zero-order valence-electron chi connectivity index (χ0n) is 18.7. The molecule has 0 aromatic heterocycles. The molecule has 3 fully saturated rings. The van der Waals surface area contributed by atoms with Gasteiger partial charge in [0.25, 0.3) is 0 Å². The monoisotopic (exact) mass is 514 g/mol. The van der Waals surface area contributed by atoms with Crippen LogP contribution in [0.15, 0.2) is 46.9 Å².